The van der Waals surface area contributed by atoms with E-state index in [9.17, 15) is 4.89 Å². The van der Waals surface area contributed by atoms with Crippen molar-refractivity contribution in [3.05, 3.63) is 29.8 Å². The van der Waals surface area contributed by atoms with Crippen LogP contribution in [0, 0.1) is 12.8 Å². The average molecular weight is 325 g/mol. The Morgan fingerprint density at radius 3 is 2.39 bits per heavy atom. The van der Waals surface area contributed by atoms with Gasteiger partial charge in [-0.15, -0.1) is 12.4 Å². The maximum atomic E-state index is 10.4. The first kappa shape index (κ1) is 18.5. The number of hydrogen-bond donors (Lipinski definition) is 1. The zero-order chi connectivity index (χ0) is 12.9. The second kappa shape index (κ2) is 8.60. The van der Waals surface area contributed by atoms with Crippen LogP contribution in [0.2, 0.25) is 0 Å². The largest absolute Gasteiger partial charge is 0.354 e. The molecule has 0 spiro atoms. The van der Waals surface area contributed by atoms with Crippen molar-refractivity contribution >= 4 is 46.4 Å². The second-order valence-corrected chi connectivity index (χ2v) is 11.3. The third-order valence-electron chi connectivity index (χ3n) is 2.68. The Balaban J connectivity index is 0.00000289. The lowest BCUT2D eigenvalue weighted by Crippen LogP contribution is -2.04. The van der Waals surface area contributed by atoms with Crippen molar-refractivity contribution in [2.45, 2.75) is 33.6 Å². The first-order chi connectivity index (χ1) is 7.95. The molecule has 0 amide bonds. The predicted molar refractivity (Wildman–Crippen MR) is 91.1 cm³/mol. The summed E-state index contributed by atoms with van der Waals surface area (Å²) in [7, 11) is 0. The van der Waals surface area contributed by atoms with Crippen molar-refractivity contribution in [1.29, 1.82) is 0 Å². The van der Waals surface area contributed by atoms with Gasteiger partial charge in [-0.25, -0.2) is 0 Å². The van der Waals surface area contributed by atoms with Crippen LogP contribution in [-0.4, -0.2) is 10.6 Å². The van der Waals surface area contributed by atoms with E-state index in [1.807, 2.05) is 31.2 Å². The van der Waals surface area contributed by atoms with Crippen LogP contribution in [0.25, 0.3) is 0 Å². The highest BCUT2D eigenvalue weighted by Crippen LogP contribution is 2.54. The van der Waals surface area contributed by atoms with E-state index in [1.54, 1.807) is 11.4 Å². The molecular formula is C13H22ClOPS2. The average Bonchev–Trinajstić information content (AvgIpc) is 2.28. The van der Waals surface area contributed by atoms with Crippen molar-refractivity contribution in [2.75, 3.05) is 5.75 Å². The predicted octanol–water partition coefficient (Wildman–Crippen LogP) is 4.51. The third-order valence-corrected chi connectivity index (χ3v) is 8.41. The number of halogens is 1. The van der Waals surface area contributed by atoms with Gasteiger partial charge in [0.1, 0.15) is 5.47 Å². The van der Waals surface area contributed by atoms with Gasteiger partial charge >= 0.3 is 0 Å². The minimum atomic E-state index is -2.39. The van der Waals surface area contributed by atoms with Crippen molar-refractivity contribution in [3.63, 3.8) is 0 Å². The smallest absolute Gasteiger partial charge is 0.146 e. The molecule has 2 unspecified atom stereocenters. The molecule has 0 aliphatic rings. The molecule has 0 saturated carbocycles. The molecule has 0 radical (unpaired) electrons. The Morgan fingerprint density at radius 1 is 1.33 bits per heavy atom. The molecule has 0 aromatic heterocycles. The molecule has 2 atom stereocenters. The third kappa shape index (κ3) is 6.08. The maximum Gasteiger partial charge on any atom is 0.146 e. The van der Waals surface area contributed by atoms with E-state index in [0.29, 0.717) is 5.92 Å². The van der Waals surface area contributed by atoms with Crippen molar-refractivity contribution < 1.29 is 4.89 Å². The Bertz CT molecular complexity index is 394. The van der Waals surface area contributed by atoms with Gasteiger partial charge in [0, 0.05) is 11.1 Å². The highest BCUT2D eigenvalue weighted by Gasteiger charge is 2.17. The molecule has 0 aliphatic carbocycles. The summed E-state index contributed by atoms with van der Waals surface area (Å²) < 4.78 is 0. The van der Waals surface area contributed by atoms with Gasteiger partial charge in [-0.2, -0.15) is 0 Å². The first-order valence-corrected chi connectivity index (χ1v) is 10.3. The van der Waals surface area contributed by atoms with Crippen molar-refractivity contribution in [3.8, 4) is 0 Å². The summed E-state index contributed by atoms with van der Waals surface area (Å²) in [6.07, 6.45) is 2.40. The monoisotopic (exact) mass is 324 g/mol. The zero-order valence-electron chi connectivity index (χ0n) is 11.1. The summed E-state index contributed by atoms with van der Waals surface area (Å²) in [4.78, 5) is 10.4. The fourth-order valence-electron chi connectivity index (χ4n) is 1.61. The Labute approximate surface area is 126 Å². The SMILES string of the molecule is CCCC(C)CSP(O)(=S)c1ccc(C)cc1.Cl. The van der Waals surface area contributed by atoms with E-state index in [-0.39, 0.29) is 12.4 Å². The van der Waals surface area contributed by atoms with E-state index in [2.05, 4.69) is 13.8 Å². The van der Waals surface area contributed by atoms with Crippen LogP contribution in [0.3, 0.4) is 0 Å². The maximum absolute atomic E-state index is 10.4. The molecule has 18 heavy (non-hydrogen) atoms. The molecule has 5 heteroatoms. The lowest BCUT2D eigenvalue weighted by molar-refractivity contribution is 0.585. The van der Waals surface area contributed by atoms with Gasteiger partial charge in [0.05, 0.1) is 0 Å². The highest BCUT2D eigenvalue weighted by molar-refractivity contribution is 8.71. The Hall–Kier alpha value is 0.470. The molecule has 1 aromatic carbocycles. The topological polar surface area (TPSA) is 20.2 Å². The molecular weight excluding hydrogens is 303 g/mol. The van der Waals surface area contributed by atoms with Gasteiger partial charge in [-0.1, -0.05) is 79.7 Å². The fraction of sp³-hybridized carbons (Fsp3) is 0.538. The minimum Gasteiger partial charge on any atom is -0.354 e. The van der Waals surface area contributed by atoms with Crippen LogP contribution in [0.15, 0.2) is 24.3 Å². The molecule has 0 fully saturated rings. The molecule has 1 rings (SSSR count). The van der Waals surface area contributed by atoms with Crippen LogP contribution in [0.5, 0.6) is 0 Å². The molecule has 0 bridgehead atoms. The van der Waals surface area contributed by atoms with Gasteiger partial charge in [0.2, 0.25) is 0 Å². The second-order valence-electron chi connectivity index (χ2n) is 4.55. The number of aryl methyl sites for hydroxylation is 1. The molecule has 0 saturated heterocycles. The van der Waals surface area contributed by atoms with Crippen molar-refractivity contribution in [1.82, 2.24) is 0 Å². The van der Waals surface area contributed by atoms with Crippen LogP contribution in [0.1, 0.15) is 32.3 Å². The van der Waals surface area contributed by atoms with Gasteiger partial charge in [-0.3, -0.25) is 0 Å². The van der Waals surface area contributed by atoms with Gasteiger partial charge in [0.25, 0.3) is 0 Å². The Kier molecular flexibility index (Phi) is 8.83. The lowest BCUT2D eigenvalue weighted by Gasteiger charge is -2.17. The number of rotatable bonds is 6. The fourth-order valence-corrected chi connectivity index (χ4v) is 6.01. The number of hydrogen-bond acceptors (Lipinski definition) is 2. The Morgan fingerprint density at radius 2 is 1.89 bits per heavy atom. The first-order valence-electron chi connectivity index (χ1n) is 6.00. The molecule has 1 nitrogen and oxygen atoms in total. The summed E-state index contributed by atoms with van der Waals surface area (Å²) in [6, 6.07) is 7.96. The normalized spacial score (nSPS) is 15.6. The molecule has 104 valence electrons. The molecule has 0 aliphatic heterocycles. The van der Waals surface area contributed by atoms with Crippen LogP contribution < -0.4 is 5.30 Å². The van der Waals surface area contributed by atoms with Crippen LogP contribution >= 0.6 is 29.3 Å². The summed E-state index contributed by atoms with van der Waals surface area (Å²) in [6.45, 7) is 6.46. The lowest BCUT2D eigenvalue weighted by atomic mass is 10.1. The summed E-state index contributed by atoms with van der Waals surface area (Å²) in [5.74, 6) is 1.58. The van der Waals surface area contributed by atoms with E-state index >= 15 is 0 Å². The van der Waals surface area contributed by atoms with E-state index in [4.69, 9.17) is 11.8 Å². The quantitative estimate of drug-likeness (QED) is 0.777. The van der Waals surface area contributed by atoms with E-state index < -0.39 is 5.47 Å². The van der Waals surface area contributed by atoms with Gasteiger partial charge in [-0.05, 0) is 12.8 Å². The van der Waals surface area contributed by atoms with Gasteiger partial charge < -0.3 is 4.89 Å². The van der Waals surface area contributed by atoms with Crippen LogP contribution in [-0.2, 0) is 11.8 Å². The van der Waals surface area contributed by atoms with E-state index in [0.717, 1.165) is 11.1 Å². The molecule has 1 N–H and O–H groups in total. The zero-order valence-corrected chi connectivity index (χ0v) is 14.5. The van der Waals surface area contributed by atoms with Crippen molar-refractivity contribution in [2.24, 2.45) is 5.92 Å². The number of benzene rings is 1. The van der Waals surface area contributed by atoms with Gasteiger partial charge in [0.15, 0.2) is 0 Å². The summed E-state index contributed by atoms with van der Waals surface area (Å²) in [5, 5.41) is 0.923. The molecule has 0 heterocycles. The summed E-state index contributed by atoms with van der Waals surface area (Å²) >= 11 is 6.95. The summed E-state index contributed by atoms with van der Waals surface area (Å²) in [5.41, 5.74) is -1.19. The van der Waals surface area contributed by atoms with Crippen LogP contribution in [0.4, 0.5) is 0 Å². The molecule has 1 aromatic rings. The standard InChI is InChI=1S/C13H21OPS2.ClH/c1-4-5-12(3)10-17-15(14,16)13-8-6-11(2)7-9-13;/h6-9,12H,4-5,10H2,1-3H3,(H,14,16);1H. The minimum absolute atomic E-state index is 0. The van der Waals surface area contributed by atoms with E-state index in [1.165, 1.54) is 18.4 Å². The highest BCUT2D eigenvalue weighted by atomic mass is 35.5.